The second-order valence-electron chi connectivity index (χ2n) is 3.65. The zero-order valence-electron chi connectivity index (χ0n) is 8.71. The van der Waals surface area contributed by atoms with Crippen molar-refractivity contribution in [1.82, 2.24) is 5.32 Å². The van der Waals surface area contributed by atoms with Crippen molar-refractivity contribution in [1.29, 1.82) is 0 Å². The molecule has 1 aromatic rings. The van der Waals surface area contributed by atoms with Gasteiger partial charge in [-0.2, -0.15) is 11.3 Å². The Labute approximate surface area is 85.2 Å². The normalized spacial score (nSPS) is 15.6. The Kier molecular flexibility index (Phi) is 4.46. The van der Waals surface area contributed by atoms with Crippen LogP contribution in [0.5, 0.6) is 0 Å². The third-order valence-corrected chi connectivity index (χ3v) is 3.33. The largest absolute Gasteiger partial charge is 0.313 e. The molecule has 2 atom stereocenters. The van der Waals surface area contributed by atoms with Gasteiger partial charge in [0.15, 0.2) is 0 Å². The van der Waals surface area contributed by atoms with E-state index in [1.165, 1.54) is 18.4 Å². The maximum absolute atomic E-state index is 3.38. The summed E-state index contributed by atoms with van der Waals surface area (Å²) in [4.78, 5) is 0. The second-order valence-corrected chi connectivity index (χ2v) is 4.43. The van der Waals surface area contributed by atoms with Gasteiger partial charge in [0.25, 0.3) is 0 Å². The maximum atomic E-state index is 3.38. The van der Waals surface area contributed by atoms with E-state index < -0.39 is 0 Å². The molecule has 2 heteroatoms. The van der Waals surface area contributed by atoms with Crippen LogP contribution in [-0.4, -0.2) is 7.05 Å². The summed E-state index contributed by atoms with van der Waals surface area (Å²) in [7, 11) is 2.05. The third-order valence-electron chi connectivity index (χ3n) is 2.63. The first-order valence-electron chi connectivity index (χ1n) is 4.97. The van der Waals surface area contributed by atoms with E-state index in [1.54, 1.807) is 11.3 Å². The predicted octanol–water partition coefficient (Wildman–Crippen LogP) is 3.44. The van der Waals surface area contributed by atoms with Crippen molar-refractivity contribution in [2.24, 2.45) is 5.92 Å². The van der Waals surface area contributed by atoms with Gasteiger partial charge in [0.1, 0.15) is 0 Å². The first-order valence-corrected chi connectivity index (χ1v) is 5.91. The van der Waals surface area contributed by atoms with Crippen LogP contribution in [0.3, 0.4) is 0 Å². The van der Waals surface area contributed by atoms with E-state index in [4.69, 9.17) is 0 Å². The lowest BCUT2D eigenvalue weighted by atomic mass is 9.96. The standard InChI is InChI=1S/C11H19NS/c1-4-9(2)7-11(12-3)10-5-6-13-8-10/h5-6,8-9,11-12H,4,7H2,1-3H3. The van der Waals surface area contributed by atoms with E-state index in [0.717, 1.165) is 5.92 Å². The van der Waals surface area contributed by atoms with Gasteiger partial charge in [0.05, 0.1) is 0 Å². The van der Waals surface area contributed by atoms with Crippen LogP contribution in [0.1, 0.15) is 38.3 Å². The Morgan fingerprint density at radius 3 is 2.77 bits per heavy atom. The van der Waals surface area contributed by atoms with E-state index in [2.05, 4.69) is 36.0 Å². The number of nitrogens with one attached hydrogen (secondary N) is 1. The molecule has 0 saturated heterocycles. The van der Waals surface area contributed by atoms with Crippen molar-refractivity contribution < 1.29 is 0 Å². The summed E-state index contributed by atoms with van der Waals surface area (Å²) in [5, 5.41) is 7.77. The lowest BCUT2D eigenvalue weighted by Crippen LogP contribution is -2.18. The number of rotatable bonds is 5. The molecular formula is C11H19NS. The minimum absolute atomic E-state index is 0.543. The molecule has 0 radical (unpaired) electrons. The van der Waals surface area contributed by atoms with Crippen molar-refractivity contribution in [2.45, 2.75) is 32.7 Å². The average Bonchev–Trinajstić information content (AvgIpc) is 2.66. The molecule has 0 fully saturated rings. The molecule has 2 unspecified atom stereocenters. The highest BCUT2D eigenvalue weighted by molar-refractivity contribution is 7.07. The SMILES string of the molecule is CCC(C)CC(NC)c1ccsc1. The molecule has 13 heavy (non-hydrogen) atoms. The van der Waals surface area contributed by atoms with Crippen molar-refractivity contribution in [3.8, 4) is 0 Å². The molecule has 0 aromatic carbocycles. The lowest BCUT2D eigenvalue weighted by Gasteiger charge is -2.18. The van der Waals surface area contributed by atoms with Crippen LogP contribution < -0.4 is 5.32 Å². The van der Waals surface area contributed by atoms with Crippen LogP contribution in [0.2, 0.25) is 0 Å². The van der Waals surface area contributed by atoms with Crippen LogP contribution >= 0.6 is 11.3 Å². The van der Waals surface area contributed by atoms with Crippen LogP contribution in [-0.2, 0) is 0 Å². The highest BCUT2D eigenvalue weighted by Crippen LogP contribution is 2.24. The Morgan fingerprint density at radius 2 is 2.31 bits per heavy atom. The second kappa shape index (κ2) is 5.40. The molecule has 0 spiro atoms. The number of thiophene rings is 1. The summed E-state index contributed by atoms with van der Waals surface area (Å²) >= 11 is 1.78. The topological polar surface area (TPSA) is 12.0 Å². The molecule has 0 aliphatic heterocycles. The van der Waals surface area contributed by atoms with Crippen molar-refractivity contribution in [3.63, 3.8) is 0 Å². The van der Waals surface area contributed by atoms with Crippen LogP contribution in [0.25, 0.3) is 0 Å². The average molecular weight is 197 g/mol. The van der Waals surface area contributed by atoms with Gasteiger partial charge in [-0.05, 0) is 41.8 Å². The molecule has 0 bridgehead atoms. The minimum atomic E-state index is 0.543. The number of hydrogen-bond acceptors (Lipinski definition) is 2. The van der Waals surface area contributed by atoms with E-state index >= 15 is 0 Å². The highest BCUT2D eigenvalue weighted by atomic mass is 32.1. The van der Waals surface area contributed by atoms with E-state index in [-0.39, 0.29) is 0 Å². The van der Waals surface area contributed by atoms with Crippen molar-refractivity contribution >= 4 is 11.3 Å². The predicted molar refractivity (Wildman–Crippen MR) is 60.2 cm³/mol. The molecule has 1 rings (SSSR count). The van der Waals surface area contributed by atoms with E-state index in [0.29, 0.717) is 6.04 Å². The fourth-order valence-electron chi connectivity index (χ4n) is 1.46. The van der Waals surface area contributed by atoms with Crippen LogP contribution in [0, 0.1) is 5.92 Å². The maximum Gasteiger partial charge on any atom is 0.0328 e. The molecule has 0 amide bonds. The Bertz CT molecular complexity index is 218. The van der Waals surface area contributed by atoms with Gasteiger partial charge in [-0.15, -0.1) is 0 Å². The summed E-state index contributed by atoms with van der Waals surface area (Å²) in [5.74, 6) is 0.803. The molecule has 1 aromatic heterocycles. The zero-order chi connectivity index (χ0) is 9.68. The van der Waals surface area contributed by atoms with Gasteiger partial charge in [-0.1, -0.05) is 20.3 Å². The van der Waals surface area contributed by atoms with E-state index in [1.807, 2.05) is 7.05 Å². The van der Waals surface area contributed by atoms with Crippen LogP contribution in [0.15, 0.2) is 16.8 Å². The van der Waals surface area contributed by atoms with Gasteiger partial charge in [0.2, 0.25) is 0 Å². The van der Waals surface area contributed by atoms with Crippen molar-refractivity contribution in [2.75, 3.05) is 7.05 Å². The Balaban J connectivity index is 2.53. The molecule has 0 aliphatic rings. The summed E-state index contributed by atoms with van der Waals surface area (Å²) in [6.07, 6.45) is 2.51. The van der Waals surface area contributed by atoms with E-state index in [9.17, 15) is 0 Å². The number of hydrogen-bond donors (Lipinski definition) is 1. The summed E-state index contributed by atoms with van der Waals surface area (Å²) in [5.41, 5.74) is 1.44. The summed E-state index contributed by atoms with van der Waals surface area (Å²) in [6, 6.07) is 2.76. The molecular weight excluding hydrogens is 178 g/mol. The van der Waals surface area contributed by atoms with Gasteiger partial charge in [0, 0.05) is 6.04 Å². The first kappa shape index (κ1) is 10.7. The van der Waals surface area contributed by atoms with Crippen molar-refractivity contribution in [3.05, 3.63) is 22.4 Å². The van der Waals surface area contributed by atoms with Gasteiger partial charge in [-0.25, -0.2) is 0 Å². The molecule has 0 aliphatic carbocycles. The highest BCUT2D eigenvalue weighted by Gasteiger charge is 2.12. The quantitative estimate of drug-likeness (QED) is 0.762. The summed E-state index contributed by atoms with van der Waals surface area (Å²) in [6.45, 7) is 4.57. The molecule has 1 heterocycles. The molecule has 0 saturated carbocycles. The van der Waals surface area contributed by atoms with Gasteiger partial charge >= 0.3 is 0 Å². The Hall–Kier alpha value is -0.340. The minimum Gasteiger partial charge on any atom is -0.313 e. The smallest absolute Gasteiger partial charge is 0.0328 e. The van der Waals surface area contributed by atoms with Gasteiger partial charge < -0.3 is 5.32 Å². The Morgan fingerprint density at radius 1 is 1.54 bits per heavy atom. The molecule has 1 N–H and O–H groups in total. The molecule has 74 valence electrons. The monoisotopic (exact) mass is 197 g/mol. The third kappa shape index (κ3) is 3.12. The zero-order valence-corrected chi connectivity index (χ0v) is 9.53. The first-order chi connectivity index (χ1) is 6.27. The fourth-order valence-corrected chi connectivity index (χ4v) is 2.18. The lowest BCUT2D eigenvalue weighted by molar-refractivity contribution is 0.422. The molecule has 1 nitrogen and oxygen atoms in total. The van der Waals surface area contributed by atoms with Gasteiger partial charge in [-0.3, -0.25) is 0 Å². The van der Waals surface area contributed by atoms with Crippen LogP contribution in [0.4, 0.5) is 0 Å². The summed E-state index contributed by atoms with van der Waals surface area (Å²) < 4.78 is 0. The fraction of sp³-hybridized carbons (Fsp3) is 0.636.